The van der Waals surface area contributed by atoms with E-state index < -0.39 is 0 Å². The van der Waals surface area contributed by atoms with E-state index >= 15 is 0 Å². The average Bonchev–Trinajstić information content (AvgIpc) is 2.28. The number of nitrogens with zero attached hydrogens (tertiary/aromatic N) is 2. The minimum atomic E-state index is 0.190. The van der Waals surface area contributed by atoms with E-state index in [1.54, 1.807) is 12.0 Å². The van der Waals surface area contributed by atoms with E-state index in [9.17, 15) is 4.79 Å². The summed E-state index contributed by atoms with van der Waals surface area (Å²) in [6.07, 6.45) is 1.85. The van der Waals surface area contributed by atoms with Crippen LogP contribution >= 0.6 is 0 Å². The molecule has 0 bridgehead atoms. The summed E-state index contributed by atoms with van der Waals surface area (Å²) in [5.74, 6) is 0.569. The monoisotopic (exact) mass is 242 g/mol. The lowest BCUT2D eigenvalue weighted by Gasteiger charge is -2.39. The number of hydrogen-bond donors (Lipinski definition) is 0. The normalized spacial score (nSPS) is 26.2. The van der Waals surface area contributed by atoms with Crippen LogP contribution in [0.1, 0.15) is 26.7 Å². The summed E-state index contributed by atoms with van der Waals surface area (Å²) in [6, 6.07) is 0.554. The van der Waals surface area contributed by atoms with Gasteiger partial charge in [0.05, 0.1) is 6.10 Å². The van der Waals surface area contributed by atoms with E-state index in [4.69, 9.17) is 4.74 Å². The zero-order valence-electron chi connectivity index (χ0n) is 11.8. The van der Waals surface area contributed by atoms with Crippen LogP contribution in [0, 0.1) is 5.92 Å². The molecule has 0 radical (unpaired) electrons. The summed E-state index contributed by atoms with van der Waals surface area (Å²) >= 11 is 0. The van der Waals surface area contributed by atoms with Crippen LogP contribution < -0.4 is 0 Å². The van der Waals surface area contributed by atoms with E-state index in [0.29, 0.717) is 18.4 Å². The minimum absolute atomic E-state index is 0.190. The Bertz CT molecular complexity index is 254. The van der Waals surface area contributed by atoms with E-state index in [2.05, 4.69) is 18.7 Å². The molecule has 2 atom stereocenters. The lowest BCUT2D eigenvalue weighted by atomic mass is 9.89. The second kappa shape index (κ2) is 6.36. The van der Waals surface area contributed by atoms with Gasteiger partial charge < -0.3 is 9.64 Å². The lowest BCUT2D eigenvalue weighted by molar-refractivity contribution is -0.132. The highest BCUT2D eigenvalue weighted by Gasteiger charge is 2.31. The molecule has 17 heavy (non-hydrogen) atoms. The van der Waals surface area contributed by atoms with Crippen molar-refractivity contribution in [2.45, 2.75) is 38.8 Å². The van der Waals surface area contributed by atoms with Crippen molar-refractivity contribution in [1.29, 1.82) is 0 Å². The van der Waals surface area contributed by atoms with Crippen LogP contribution in [0.15, 0.2) is 0 Å². The molecule has 1 heterocycles. The van der Waals surface area contributed by atoms with Crippen molar-refractivity contribution in [2.75, 3.05) is 34.3 Å². The maximum Gasteiger partial charge on any atom is 0.222 e. The first-order chi connectivity index (χ1) is 7.95. The molecule has 4 nitrogen and oxygen atoms in total. The van der Waals surface area contributed by atoms with Gasteiger partial charge in [0, 0.05) is 40.2 Å². The van der Waals surface area contributed by atoms with Gasteiger partial charge >= 0.3 is 0 Å². The predicted octanol–water partition coefficient (Wildman–Crippen LogP) is 1.21. The summed E-state index contributed by atoms with van der Waals surface area (Å²) in [7, 11) is 5.38. The number of likely N-dealkylation sites (tertiary alicyclic amines) is 1. The van der Waals surface area contributed by atoms with Crippen molar-refractivity contribution < 1.29 is 9.53 Å². The number of methoxy groups -OCH3 is 1. The highest BCUT2D eigenvalue weighted by Crippen LogP contribution is 2.24. The Morgan fingerprint density at radius 1 is 1.47 bits per heavy atom. The average molecular weight is 242 g/mol. The van der Waals surface area contributed by atoms with Crippen molar-refractivity contribution in [2.24, 2.45) is 5.92 Å². The molecule has 0 aliphatic carbocycles. The van der Waals surface area contributed by atoms with Gasteiger partial charge in [0.15, 0.2) is 0 Å². The Hall–Kier alpha value is -0.610. The molecule has 0 saturated carbocycles. The summed E-state index contributed by atoms with van der Waals surface area (Å²) in [5.41, 5.74) is 0. The first-order valence-corrected chi connectivity index (χ1v) is 6.42. The number of amides is 1. The zero-order valence-corrected chi connectivity index (χ0v) is 11.8. The highest BCUT2D eigenvalue weighted by molar-refractivity contribution is 5.75. The number of piperidine rings is 1. The molecule has 1 aliphatic heterocycles. The Morgan fingerprint density at radius 2 is 2.12 bits per heavy atom. The SMILES string of the molecule is COC1CN(C(C)C)CCC1CC(=O)N(C)C. The van der Waals surface area contributed by atoms with Crippen LogP contribution in [0.4, 0.5) is 0 Å². The molecule has 1 aliphatic rings. The number of carbonyl (C=O) groups excluding carboxylic acids is 1. The Labute approximate surface area is 105 Å². The molecule has 0 spiro atoms. The largest absolute Gasteiger partial charge is 0.380 e. The highest BCUT2D eigenvalue weighted by atomic mass is 16.5. The van der Waals surface area contributed by atoms with Crippen molar-refractivity contribution in [3.8, 4) is 0 Å². The van der Waals surface area contributed by atoms with Crippen LogP contribution in [0.2, 0.25) is 0 Å². The summed E-state index contributed by atoms with van der Waals surface area (Å²) in [6.45, 7) is 6.43. The van der Waals surface area contributed by atoms with Crippen molar-refractivity contribution in [3.63, 3.8) is 0 Å². The Morgan fingerprint density at radius 3 is 2.59 bits per heavy atom. The van der Waals surface area contributed by atoms with E-state index in [-0.39, 0.29) is 12.0 Å². The van der Waals surface area contributed by atoms with Gasteiger partial charge in [0.25, 0.3) is 0 Å². The topological polar surface area (TPSA) is 32.8 Å². The van der Waals surface area contributed by atoms with Crippen LogP contribution in [0.25, 0.3) is 0 Å². The lowest BCUT2D eigenvalue weighted by Crippen LogP contribution is -2.48. The van der Waals surface area contributed by atoms with Gasteiger partial charge in [-0.2, -0.15) is 0 Å². The standard InChI is InChI=1S/C13H26N2O2/c1-10(2)15-7-6-11(12(9-15)17-5)8-13(16)14(3)4/h10-12H,6-9H2,1-5H3. The molecule has 0 aromatic carbocycles. The molecule has 0 aromatic heterocycles. The van der Waals surface area contributed by atoms with Gasteiger partial charge in [-0.1, -0.05) is 0 Å². The smallest absolute Gasteiger partial charge is 0.222 e. The fourth-order valence-electron chi connectivity index (χ4n) is 2.37. The second-order valence-corrected chi connectivity index (χ2v) is 5.40. The molecular formula is C13H26N2O2. The van der Waals surface area contributed by atoms with Crippen molar-refractivity contribution >= 4 is 5.91 Å². The first-order valence-electron chi connectivity index (χ1n) is 6.42. The molecule has 1 saturated heterocycles. The van der Waals surface area contributed by atoms with E-state index in [0.717, 1.165) is 19.5 Å². The van der Waals surface area contributed by atoms with Crippen molar-refractivity contribution in [1.82, 2.24) is 9.80 Å². The third-order valence-corrected chi connectivity index (χ3v) is 3.70. The van der Waals surface area contributed by atoms with Gasteiger partial charge in [-0.25, -0.2) is 0 Å². The van der Waals surface area contributed by atoms with Crippen LogP contribution in [0.3, 0.4) is 0 Å². The molecule has 4 heteroatoms. The molecule has 2 unspecified atom stereocenters. The van der Waals surface area contributed by atoms with Crippen LogP contribution in [-0.2, 0) is 9.53 Å². The Kier molecular flexibility index (Phi) is 5.40. The number of ether oxygens (including phenoxy) is 1. The number of rotatable bonds is 4. The summed E-state index contributed by atoms with van der Waals surface area (Å²) in [5, 5.41) is 0. The first kappa shape index (κ1) is 14.5. The van der Waals surface area contributed by atoms with Gasteiger partial charge in [0.2, 0.25) is 5.91 Å². The summed E-state index contributed by atoms with van der Waals surface area (Å²) < 4.78 is 5.55. The van der Waals surface area contributed by atoms with Gasteiger partial charge in [0.1, 0.15) is 0 Å². The molecular weight excluding hydrogens is 216 g/mol. The summed E-state index contributed by atoms with van der Waals surface area (Å²) in [4.78, 5) is 15.8. The van der Waals surface area contributed by atoms with Crippen molar-refractivity contribution in [3.05, 3.63) is 0 Å². The fraction of sp³-hybridized carbons (Fsp3) is 0.923. The molecule has 1 fully saturated rings. The quantitative estimate of drug-likeness (QED) is 0.743. The van der Waals surface area contributed by atoms with E-state index in [1.807, 2.05) is 14.1 Å². The Balaban J connectivity index is 2.54. The molecule has 100 valence electrons. The molecule has 0 aromatic rings. The number of hydrogen-bond acceptors (Lipinski definition) is 3. The fourth-order valence-corrected chi connectivity index (χ4v) is 2.37. The maximum atomic E-state index is 11.7. The van der Waals surface area contributed by atoms with Crippen LogP contribution in [-0.4, -0.2) is 62.1 Å². The van der Waals surface area contributed by atoms with Crippen LogP contribution in [0.5, 0.6) is 0 Å². The zero-order chi connectivity index (χ0) is 13.0. The van der Waals surface area contributed by atoms with Gasteiger partial charge in [-0.05, 0) is 32.7 Å². The minimum Gasteiger partial charge on any atom is -0.380 e. The second-order valence-electron chi connectivity index (χ2n) is 5.40. The molecule has 1 rings (SSSR count). The molecule has 0 N–H and O–H groups in total. The number of carbonyl (C=O) groups is 1. The molecule has 1 amide bonds. The third kappa shape index (κ3) is 3.96. The third-order valence-electron chi connectivity index (χ3n) is 3.70. The van der Waals surface area contributed by atoms with E-state index in [1.165, 1.54) is 0 Å². The van der Waals surface area contributed by atoms with Gasteiger partial charge in [-0.15, -0.1) is 0 Å². The predicted molar refractivity (Wildman–Crippen MR) is 68.9 cm³/mol. The maximum absolute atomic E-state index is 11.7. The van der Waals surface area contributed by atoms with Gasteiger partial charge in [-0.3, -0.25) is 9.69 Å².